The van der Waals surface area contributed by atoms with Gasteiger partial charge in [-0.25, -0.2) is 0 Å². The summed E-state index contributed by atoms with van der Waals surface area (Å²) in [5.74, 6) is 0. The van der Waals surface area contributed by atoms with Crippen molar-refractivity contribution in [3.8, 4) is 0 Å². The first-order valence-corrected chi connectivity index (χ1v) is 11.8. The average molecular weight is 476 g/mol. The second-order valence-corrected chi connectivity index (χ2v) is 8.42. The Hall–Kier alpha value is -2.70. The second kappa shape index (κ2) is 12.7. The van der Waals surface area contributed by atoms with Crippen LogP contribution in [0.3, 0.4) is 0 Å². The fourth-order valence-corrected chi connectivity index (χ4v) is 4.15. The van der Waals surface area contributed by atoms with Crippen molar-refractivity contribution in [2.24, 2.45) is 4.99 Å². The summed E-state index contributed by atoms with van der Waals surface area (Å²) >= 11 is 4.90. The van der Waals surface area contributed by atoms with Crippen LogP contribution in [0, 0.1) is 0 Å². The molecule has 1 saturated heterocycles. The monoisotopic (exact) mass is 475 g/mol. The first-order valence-electron chi connectivity index (χ1n) is 11.4. The normalized spacial score (nSPS) is 24.3. The summed E-state index contributed by atoms with van der Waals surface area (Å²) in [6, 6.07) is 30.1. The van der Waals surface area contributed by atoms with Crippen LogP contribution in [0.5, 0.6) is 0 Å². The molecule has 1 aliphatic heterocycles. The molecule has 1 heterocycles. The Balaban J connectivity index is 1.57. The van der Waals surface area contributed by atoms with E-state index in [-0.39, 0.29) is 12.2 Å². The third-order valence-corrected chi connectivity index (χ3v) is 5.89. The van der Waals surface area contributed by atoms with Crippen LogP contribution < -0.4 is 0 Å². The van der Waals surface area contributed by atoms with Gasteiger partial charge in [0.05, 0.1) is 31.1 Å². The van der Waals surface area contributed by atoms with Crippen molar-refractivity contribution in [3.05, 3.63) is 108 Å². The van der Waals surface area contributed by atoms with Crippen molar-refractivity contribution < 1.29 is 18.9 Å². The Morgan fingerprint density at radius 1 is 0.676 bits per heavy atom. The lowest BCUT2D eigenvalue weighted by Crippen LogP contribution is -2.58. The molecule has 0 radical (unpaired) electrons. The zero-order valence-electron chi connectivity index (χ0n) is 19.2. The van der Waals surface area contributed by atoms with Gasteiger partial charge in [-0.15, -0.1) is 0 Å². The van der Waals surface area contributed by atoms with Crippen LogP contribution in [0.2, 0.25) is 0 Å². The first kappa shape index (κ1) is 24.4. The Morgan fingerprint density at radius 3 is 1.53 bits per heavy atom. The smallest absolute Gasteiger partial charge is 0.187 e. The number of benzene rings is 3. The van der Waals surface area contributed by atoms with Gasteiger partial charge in [-0.1, -0.05) is 91.0 Å². The van der Waals surface area contributed by atoms with Gasteiger partial charge < -0.3 is 18.9 Å². The summed E-state index contributed by atoms with van der Waals surface area (Å²) in [4.78, 5) is 4.27. The molecule has 0 amide bonds. The fraction of sp³-hybridized carbons (Fsp3) is 0.321. The molecule has 4 rings (SSSR count). The highest BCUT2D eigenvalue weighted by Gasteiger charge is 2.46. The molecule has 3 aromatic rings. The maximum atomic E-state index is 6.47. The highest BCUT2D eigenvalue weighted by Crippen LogP contribution is 2.30. The quantitative estimate of drug-likeness (QED) is 0.283. The summed E-state index contributed by atoms with van der Waals surface area (Å²) < 4.78 is 25.4. The van der Waals surface area contributed by atoms with Gasteiger partial charge >= 0.3 is 0 Å². The molecule has 1 aliphatic rings. The van der Waals surface area contributed by atoms with Gasteiger partial charge in [0.2, 0.25) is 0 Å². The molecule has 0 unspecified atom stereocenters. The first-order chi connectivity index (χ1) is 16.7. The van der Waals surface area contributed by atoms with E-state index in [2.05, 4.69) is 10.2 Å². The average Bonchev–Trinajstić information content (AvgIpc) is 2.88. The Bertz CT molecular complexity index is 1040. The lowest BCUT2D eigenvalue weighted by Gasteiger charge is -2.43. The van der Waals surface area contributed by atoms with Crippen LogP contribution >= 0.6 is 12.2 Å². The molecule has 6 heteroatoms. The molecule has 0 spiro atoms. The topological polar surface area (TPSA) is 49.3 Å². The number of hydrogen-bond donors (Lipinski definition) is 0. The molecule has 0 bridgehead atoms. The number of nitrogens with zero attached hydrogens (tertiary/aromatic N) is 1. The maximum absolute atomic E-state index is 6.47. The number of thiocarbonyl (C=S) groups is 1. The van der Waals surface area contributed by atoms with Crippen LogP contribution in [0.1, 0.15) is 23.6 Å². The summed E-state index contributed by atoms with van der Waals surface area (Å²) in [5, 5.41) is 2.46. The number of aliphatic imine (C=N–C) groups is 1. The van der Waals surface area contributed by atoms with Crippen molar-refractivity contribution in [1.82, 2.24) is 0 Å². The predicted octanol–water partition coefficient (Wildman–Crippen LogP) is 5.59. The molecular formula is C28H29NO4S. The van der Waals surface area contributed by atoms with Crippen LogP contribution in [0.25, 0.3) is 0 Å². The molecule has 176 valence electrons. The van der Waals surface area contributed by atoms with Gasteiger partial charge in [-0.3, -0.25) is 0 Å². The van der Waals surface area contributed by atoms with E-state index in [0.29, 0.717) is 19.8 Å². The third kappa shape index (κ3) is 6.67. The molecule has 5 atom stereocenters. The van der Waals surface area contributed by atoms with E-state index in [9.17, 15) is 0 Å². The molecule has 1 fully saturated rings. The molecule has 0 saturated carbocycles. The minimum atomic E-state index is -0.631. The SMILES string of the molecule is C[C@H]1O[C@H](N=C=S)[C@H](OCc2ccccc2)[C@@H](OCc2ccccc2)[C@@H]1OCc1ccccc1. The number of hydrogen-bond acceptors (Lipinski definition) is 6. The van der Waals surface area contributed by atoms with Crippen LogP contribution in [-0.2, 0) is 38.8 Å². The molecule has 0 aliphatic carbocycles. The Morgan fingerprint density at radius 2 is 1.09 bits per heavy atom. The highest BCUT2D eigenvalue weighted by atomic mass is 32.1. The van der Waals surface area contributed by atoms with Gasteiger partial charge in [-0.05, 0) is 35.8 Å². The van der Waals surface area contributed by atoms with Crippen LogP contribution in [0.4, 0.5) is 0 Å². The van der Waals surface area contributed by atoms with Gasteiger partial charge in [0.15, 0.2) is 6.23 Å². The third-order valence-electron chi connectivity index (χ3n) is 5.78. The lowest BCUT2D eigenvalue weighted by molar-refractivity contribution is -0.259. The molecule has 0 aromatic heterocycles. The van der Waals surface area contributed by atoms with Crippen molar-refractivity contribution in [1.29, 1.82) is 0 Å². The number of isothiocyanates is 1. The van der Waals surface area contributed by atoms with Crippen molar-refractivity contribution in [2.45, 2.75) is 57.4 Å². The van der Waals surface area contributed by atoms with Crippen LogP contribution in [0.15, 0.2) is 96.0 Å². The molecule has 0 N–H and O–H groups in total. The Labute approximate surface area is 206 Å². The standard InChI is InChI=1S/C28H29NO4S/c1-21-25(30-17-22-11-5-2-6-12-22)26(31-18-23-13-7-3-8-14-23)27(28(33-21)29-20-34)32-19-24-15-9-4-10-16-24/h2-16,21,25-28H,17-19H2,1H3/t21-,25-,26+,27-,28+/m1/s1. The molecular weight excluding hydrogens is 446 g/mol. The van der Waals surface area contributed by atoms with E-state index in [0.717, 1.165) is 16.7 Å². The number of rotatable bonds is 10. The summed E-state index contributed by atoms with van der Waals surface area (Å²) in [6.45, 7) is 3.22. The van der Waals surface area contributed by atoms with E-state index in [1.807, 2.05) is 97.9 Å². The molecule has 3 aromatic carbocycles. The van der Waals surface area contributed by atoms with E-state index >= 15 is 0 Å². The highest BCUT2D eigenvalue weighted by molar-refractivity contribution is 7.78. The van der Waals surface area contributed by atoms with Crippen molar-refractivity contribution >= 4 is 17.4 Å². The minimum absolute atomic E-state index is 0.279. The summed E-state index contributed by atoms with van der Waals surface area (Å²) in [5.41, 5.74) is 3.20. The van der Waals surface area contributed by atoms with Crippen LogP contribution in [-0.4, -0.2) is 35.8 Å². The van der Waals surface area contributed by atoms with E-state index in [1.165, 1.54) is 0 Å². The van der Waals surface area contributed by atoms with E-state index < -0.39 is 18.4 Å². The minimum Gasteiger partial charge on any atom is -0.368 e. The predicted molar refractivity (Wildman–Crippen MR) is 134 cm³/mol. The maximum Gasteiger partial charge on any atom is 0.187 e. The molecule has 34 heavy (non-hydrogen) atoms. The fourth-order valence-electron chi connectivity index (χ4n) is 4.04. The van der Waals surface area contributed by atoms with E-state index in [4.69, 9.17) is 31.2 Å². The zero-order chi connectivity index (χ0) is 23.6. The van der Waals surface area contributed by atoms with Crippen molar-refractivity contribution in [2.75, 3.05) is 0 Å². The Kier molecular flexibility index (Phi) is 9.11. The zero-order valence-corrected chi connectivity index (χ0v) is 20.0. The largest absolute Gasteiger partial charge is 0.368 e. The van der Waals surface area contributed by atoms with Gasteiger partial charge in [-0.2, -0.15) is 4.99 Å². The number of ether oxygens (including phenoxy) is 4. The van der Waals surface area contributed by atoms with Gasteiger partial charge in [0.25, 0.3) is 0 Å². The summed E-state index contributed by atoms with van der Waals surface area (Å²) in [6.07, 6.45) is -2.21. The van der Waals surface area contributed by atoms with Crippen molar-refractivity contribution in [3.63, 3.8) is 0 Å². The van der Waals surface area contributed by atoms with E-state index in [1.54, 1.807) is 0 Å². The lowest BCUT2D eigenvalue weighted by atomic mass is 9.98. The second-order valence-electron chi connectivity index (χ2n) is 8.24. The van der Waals surface area contributed by atoms with Gasteiger partial charge in [0, 0.05) is 0 Å². The molecule has 5 nitrogen and oxygen atoms in total. The summed E-state index contributed by atoms with van der Waals surface area (Å²) in [7, 11) is 0. The van der Waals surface area contributed by atoms with Gasteiger partial charge in [0.1, 0.15) is 18.3 Å².